The number of rotatable bonds is 11. The summed E-state index contributed by atoms with van der Waals surface area (Å²) in [7, 11) is 0. The molecule has 0 radical (unpaired) electrons. The van der Waals surface area contributed by atoms with Gasteiger partial charge in [-0.3, -0.25) is 0 Å². The average Bonchev–Trinajstić information content (AvgIpc) is 2.62. The Hall–Kier alpha value is -1.87. The molecule has 31 heavy (non-hydrogen) atoms. The molecule has 0 aliphatic rings. The summed E-state index contributed by atoms with van der Waals surface area (Å²) in [6, 6.07) is 7.62. The van der Waals surface area contributed by atoms with E-state index in [4.69, 9.17) is 0 Å². The summed E-state index contributed by atoms with van der Waals surface area (Å²) in [5.41, 5.74) is -5.66. The Labute approximate surface area is 175 Å². The zero-order valence-electron chi connectivity index (χ0n) is 16.9. The molecular weight excluding hydrogens is 439 g/mol. The zero-order valence-corrected chi connectivity index (χ0v) is 16.9. The monoisotopic (exact) mass is 464 g/mol. The van der Waals surface area contributed by atoms with Crippen molar-refractivity contribution in [2.45, 2.75) is 76.5 Å². The van der Waals surface area contributed by atoms with E-state index in [1.807, 2.05) is 6.92 Å². The average molecular weight is 464 g/mol. The molecule has 1 atom stereocenters. The van der Waals surface area contributed by atoms with Crippen molar-refractivity contribution in [2.75, 3.05) is 0 Å². The largest absolute Gasteiger partial charge is 0.496 e. The van der Waals surface area contributed by atoms with Crippen LogP contribution in [0.5, 0.6) is 0 Å². The minimum atomic E-state index is -6.66. The normalized spacial score (nSPS) is 14.8. The second-order valence-electron chi connectivity index (χ2n) is 7.20. The second kappa shape index (κ2) is 11.1. The van der Waals surface area contributed by atoms with E-state index in [1.165, 1.54) is 12.1 Å². The number of halogens is 9. The van der Waals surface area contributed by atoms with Gasteiger partial charge in [-0.1, -0.05) is 69.4 Å². The topological polar surface area (TPSA) is 9.23 Å². The Balaban J connectivity index is 3.26. The van der Waals surface area contributed by atoms with Crippen molar-refractivity contribution in [3.8, 4) is 0 Å². The van der Waals surface area contributed by atoms with E-state index < -0.39 is 36.5 Å². The zero-order chi connectivity index (χ0) is 23.8. The number of hydrogen-bond donors (Lipinski definition) is 0. The van der Waals surface area contributed by atoms with Gasteiger partial charge in [0.1, 0.15) is 6.10 Å². The smallest absolute Gasteiger partial charge is 0.415 e. The van der Waals surface area contributed by atoms with Gasteiger partial charge in [0.25, 0.3) is 5.41 Å². The van der Waals surface area contributed by atoms with Gasteiger partial charge in [-0.2, -0.15) is 39.5 Å². The maximum absolute atomic E-state index is 13.5. The minimum absolute atomic E-state index is 0.200. The molecule has 1 rings (SSSR count). The van der Waals surface area contributed by atoms with E-state index >= 15 is 0 Å². The Morgan fingerprint density at radius 2 is 1.23 bits per heavy atom. The van der Waals surface area contributed by atoms with Gasteiger partial charge in [-0.05, 0) is 24.5 Å². The molecule has 0 fully saturated rings. The van der Waals surface area contributed by atoms with Crippen LogP contribution in [0, 0.1) is 5.41 Å². The Morgan fingerprint density at radius 3 is 1.71 bits per heavy atom. The summed E-state index contributed by atoms with van der Waals surface area (Å²) < 4.78 is 126. The van der Waals surface area contributed by atoms with Gasteiger partial charge >= 0.3 is 18.5 Å². The first-order chi connectivity index (χ1) is 14.3. The van der Waals surface area contributed by atoms with Crippen molar-refractivity contribution in [3.63, 3.8) is 0 Å². The maximum atomic E-state index is 13.5. The molecule has 0 aliphatic heterocycles. The predicted molar refractivity (Wildman–Crippen MR) is 98.9 cm³/mol. The quantitative estimate of drug-likeness (QED) is 0.181. The summed E-state index contributed by atoms with van der Waals surface area (Å²) in [6.45, 7) is 1.91. The fourth-order valence-corrected chi connectivity index (χ4v) is 3.30. The molecular formula is C21H25F9O. The molecule has 178 valence electrons. The van der Waals surface area contributed by atoms with Crippen LogP contribution in [0.4, 0.5) is 39.5 Å². The van der Waals surface area contributed by atoms with Crippen LogP contribution in [0.1, 0.15) is 57.4 Å². The Bertz CT molecular complexity index is 624. The van der Waals surface area contributed by atoms with Crippen molar-refractivity contribution in [2.24, 2.45) is 5.41 Å². The minimum Gasteiger partial charge on any atom is -0.496 e. The summed E-state index contributed by atoms with van der Waals surface area (Å²) in [5.74, 6) is 0. The van der Waals surface area contributed by atoms with E-state index in [0.717, 1.165) is 18.9 Å². The van der Waals surface area contributed by atoms with Gasteiger partial charge in [0, 0.05) is 0 Å². The van der Waals surface area contributed by atoms with Crippen molar-refractivity contribution in [3.05, 3.63) is 42.2 Å². The third kappa shape index (κ3) is 6.80. The summed E-state index contributed by atoms with van der Waals surface area (Å²) in [4.78, 5) is 0. The number of hydrogen-bond acceptors (Lipinski definition) is 1. The van der Waals surface area contributed by atoms with Crippen LogP contribution >= 0.6 is 0 Å². The molecule has 1 nitrogen and oxygen atoms in total. The highest BCUT2D eigenvalue weighted by Gasteiger charge is 2.87. The van der Waals surface area contributed by atoms with Crippen LogP contribution in [-0.4, -0.2) is 24.6 Å². The molecule has 1 aromatic rings. The lowest BCUT2D eigenvalue weighted by Crippen LogP contribution is -2.66. The molecule has 1 unspecified atom stereocenters. The lowest BCUT2D eigenvalue weighted by atomic mass is 9.77. The highest BCUT2D eigenvalue weighted by molar-refractivity contribution is 5.47. The van der Waals surface area contributed by atoms with E-state index in [1.54, 1.807) is 18.2 Å². The van der Waals surface area contributed by atoms with Crippen LogP contribution < -0.4 is 0 Å². The van der Waals surface area contributed by atoms with Crippen LogP contribution in [0.15, 0.2) is 36.6 Å². The summed E-state index contributed by atoms with van der Waals surface area (Å²) in [6.07, 6.45) is -19.9. The van der Waals surface area contributed by atoms with Crippen LogP contribution in [0.3, 0.4) is 0 Å². The molecule has 0 spiro atoms. The standard InChI is InChI=1S/C21H25F9O/c1-2-3-4-5-6-10-13-17(31-15-14-16-11-8-7-9-12-16)18(19(22,23)24,20(25,26)27)21(28,29)30/h7-9,11-12,14-15,17H,2-6,10,13H2,1H3. The Morgan fingerprint density at radius 1 is 0.742 bits per heavy atom. The van der Waals surface area contributed by atoms with Crippen molar-refractivity contribution in [1.82, 2.24) is 0 Å². The van der Waals surface area contributed by atoms with Crippen molar-refractivity contribution >= 4 is 6.08 Å². The van der Waals surface area contributed by atoms with Gasteiger partial charge < -0.3 is 4.74 Å². The lowest BCUT2D eigenvalue weighted by molar-refractivity contribution is -0.448. The number of alkyl halides is 9. The molecule has 0 amide bonds. The van der Waals surface area contributed by atoms with Crippen LogP contribution in [0.25, 0.3) is 6.08 Å². The SMILES string of the molecule is CCCCCCCCC(OC=Cc1ccccc1)C(C(F)(F)F)(C(F)(F)F)C(F)(F)F. The first kappa shape index (κ1) is 27.2. The molecule has 0 heterocycles. The van der Waals surface area contributed by atoms with Gasteiger partial charge in [0.15, 0.2) is 0 Å². The molecule has 0 N–H and O–H groups in total. The van der Waals surface area contributed by atoms with E-state index in [2.05, 4.69) is 4.74 Å². The van der Waals surface area contributed by atoms with E-state index in [0.29, 0.717) is 24.7 Å². The fraction of sp³-hybridized carbons (Fsp3) is 0.619. The van der Waals surface area contributed by atoms with Gasteiger partial charge in [-0.25, -0.2) is 0 Å². The highest BCUT2D eigenvalue weighted by Crippen LogP contribution is 2.62. The number of unbranched alkanes of at least 4 members (excludes halogenated alkanes) is 5. The van der Waals surface area contributed by atoms with Crippen LogP contribution in [-0.2, 0) is 4.74 Å². The first-order valence-corrected chi connectivity index (χ1v) is 9.86. The first-order valence-electron chi connectivity index (χ1n) is 9.86. The molecule has 0 aliphatic carbocycles. The number of benzene rings is 1. The molecule has 0 aromatic heterocycles. The summed E-state index contributed by atoms with van der Waals surface area (Å²) in [5, 5.41) is 0. The molecule has 0 saturated heterocycles. The third-order valence-electron chi connectivity index (χ3n) is 4.95. The molecule has 10 heteroatoms. The lowest BCUT2D eigenvalue weighted by Gasteiger charge is -2.43. The Kier molecular flexibility index (Phi) is 9.75. The van der Waals surface area contributed by atoms with Crippen molar-refractivity contribution in [1.29, 1.82) is 0 Å². The van der Waals surface area contributed by atoms with Gasteiger partial charge in [0.2, 0.25) is 0 Å². The third-order valence-corrected chi connectivity index (χ3v) is 4.95. The van der Waals surface area contributed by atoms with Crippen LogP contribution in [0.2, 0.25) is 0 Å². The van der Waals surface area contributed by atoms with E-state index in [9.17, 15) is 39.5 Å². The second-order valence-corrected chi connectivity index (χ2v) is 7.20. The molecule has 0 bridgehead atoms. The maximum Gasteiger partial charge on any atom is 0.415 e. The summed E-state index contributed by atoms with van der Waals surface area (Å²) >= 11 is 0. The fourth-order valence-electron chi connectivity index (χ4n) is 3.30. The highest BCUT2D eigenvalue weighted by atomic mass is 19.4. The van der Waals surface area contributed by atoms with Crippen molar-refractivity contribution < 1.29 is 44.3 Å². The molecule has 1 aromatic carbocycles. The molecule has 0 saturated carbocycles. The van der Waals surface area contributed by atoms with Gasteiger partial charge in [0.05, 0.1) is 6.26 Å². The predicted octanol–water partition coefficient (Wildman–Crippen LogP) is 8.47. The number of ether oxygens (including phenoxy) is 1. The van der Waals surface area contributed by atoms with E-state index in [-0.39, 0.29) is 12.8 Å². The van der Waals surface area contributed by atoms with Gasteiger partial charge in [-0.15, -0.1) is 0 Å².